The molecule has 2 aromatic carbocycles. The summed E-state index contributed by atoms with van der Waals surface area (Å²) in [6, 6.07) is 15.8. The van der Waals surface area contributed by atoms with Crippen LogP contribution in [0.4, 0.5) is 0 Å². The highest BCUT2D eigenvalue weighted by Crippen LogP contribution is 2.14. The summed E-state index contributed by atoms with van der Waals surface area (Å²) < 4.78 is 2.24. The van der Waals surface area contributed by atoms with Gasteiger partial charge in [-0.05, 0) is 49.3 Å². The first-order valence-corrected chi connectivity index (χ1v) is 8.17. The molecule has 2 N–H and O–H groups in total. The molecular formula is C19H19N3OS. The van der Waals surface area contributed by atoms with E-state index in [-0.39, 0.29) is 5.91 Å². The molecule has 1 amide bonds. The fraction of sp³-hybridized carbons (Fsp3) is 0.158. The largest absolute Gasteiger partial charge is 0.347 e. The van der Waals surface area contributed by atoms with Crippen LogP contribution in [0.2, 0.25) is 0 Å². The van der Waals surface area contributed by atoms with Gasteiger partial charge in [0.1, 0.15) is 5.69 Å². The predicted molar refractivity (Wildman–Crippen MR) is 98.0 cm³/mol. The van der Waals surface area contributed by atoms with Crippen LogP contribution >= 0.6 is 12.2 Å². The maximum absolute atomic E-state index is 12.6. The Morgan fingerprint density at radius 2 is 1.92 bits per heavy atom. The number of benzene rings is 2. The van der Waals surface area contributed by atoms with E-state index in [0.717, 1.165) is 11.3 Å². The van der Waals surface area contributed by atoms with Crippen molar-refractivity contribution in [3.8, 4) is 5.69 Å². The molecule has 3 rings (SSSR count). The van der Waals surface area contributed by atoms with Gasteiger partial charge in [-0.3, -0.25) is 9.36 Å². The molecule has 5 heteroatoms. The van der Waals surface area contributed by atoms with Crippen molar-refractivity contribution in [1.82, 2.24) is 14.9 Å². The summed E-state index contributed by atoms with van der Waals surface area (Å²) in [6.07, 6.45) is 1.65. The molecule has 1 aromatic heterocycles. The van der Waals surface area contributed by atoms with E-state index in [1.54, 1.807) is 10.8 Å². The van der Waals surface area contributed by atoms with Gasteiger partial charge >= 0.3 is 0 Å². The number of imidazole rings is 1. The van der Waals surface area contributed by atoms with Crippen molar-refractivity contribution in [3.05, 3.63) is 81.9 Å². The molecule has 24 heavy (non-hydrogen) atoms. The summed E-state index contributed by atoms with van der Waals surface area (Å²) in [4.78, 5) is 15.6. The van der Waals surface area contributed by atoms with Crippen molar-refractivity contribution in [3.63, 3.8) is 0 Å². The van der Waals surface area contributed by atoms with Crippen LogP contribution in [0.3, 0.4) is 0 Å². The molecule has 0 aliphatic heterocycles. The van der Waals surface area contributed by atoms with Crippen molar-refractivity contribution in [2.45, 2.75) is 20.4 Å². The second-order valence-corrected chi connectivity index (χ2v) is 6.15. The number of nitrogens with one attached hydrogen (secondary N) is 2. The standard InChI is InChI=1S/C19H19N3OS/c1-13-8-9-15(14(2)10-13)11-20-18(23)17-12-21-19(24)22(17)16-6-4-3-5-7-16/h3-10,12H,11H2,1-2H3,(H,20,23)(H,21,24). The van der Waals surface area contributed by atoms with Crippen LogP contribution in [0.25, 0.3) is 5.69 Å². The third-order valence-electron chi connectivity index (χ3n) is 3.96. The highest BCUT2D eigenvalue weighted by molar-refractivity contribution is 7.71. The van der Waals surface area contributed by atoms with Gasteiger partial charge in [0.2, 0.25) is 0 Å². The number of H-pyrrole nitrogens is 1. The Labute approximate surface area is 146 Å². The molecule has 0 fully saturated rings. The number of nitrogens with zero attached hydrogens (tertiary/aromatic N) is 1. The van der Waals surface area contributed by atoms with E-state index < -0.39 is 0 Å². The molecule has 0 aliphatic rings. The van der Waals surface area contributed by atoms with Gasteiger partial charge in [-0.15, -0.1) is 0 Å². The lowest BCUT2D eigenvalue weighted by Crippen LogP contribution is -2.25. The lowest BCUT2D eigenvalue weighted by Gasteiger charge is -2.11. The van der Waals surface area contributed by atoms with Crippen molar-refractivity contribution in [1.29, 1.82) is 0 Å². The molecule has 0 bridgehead atoms. The maximum Gasteiger partial charge on any atom is 0.270 e. The van der Waals surface area contributed by atoms with Gasteiger partial charge in [0, 0.05) is 18.4 Å². The summed E-state index contributed by atoms with van der Waals surface area (Å²) in [6.45, 7) is 4.59. The Kier molecular flexibility index (Phi) is 4.62. The van der Waals surface area contributed by atoms with Gasteiger partial charge in [0.05, 0.1) is 0 Å². The molecule has 0 aliphatic carbocycles. The molecule has 0 radical (unpaired) electrons. The monoisotopic (exact) mass is 337 g/mol. The van der Waals surface area contributed by atoms with Crippen molar-refractivity contribution >= 4 is 18.1 Å². The van der Waals surface area contributed by atoms with Crippen molar-refractivity contribution < 1.29 is 4.79 Å². The smallest absolute Gasteiger partial charge is 0.270 e. The number of aryl methyl sites for hydroxylation is 2. The Morgan fingerprint density at radius 3 is 2.62 bits per heavy atom. The first-order chi connectivity index (χ1) is 11.6. The van der Waals surface area contributed by atoms with Crippen LogP contribution in [0, 0.1) is 18.6 Å². The Morgan fingerprint density at radius 1 is 1.17 bits per heavy atom. The molecule has 0 saturated carbocycles. The number of rotatable bonds is 4. The number of carbonyl (C=O) groups excluding carboxylic acids is 1. The molecule has 3 aromatic rings. The molecule has 0 spiro atoms. The van der Waals surface area contributed by atoms with Gasteiger partial charge in [-0.1, -0.05) is 42.0 Å². The minimum absolute atomic E-state index is 0.161. The second-order valence-electron chi connectivity index (χ2n) is 5.76. The zero-order chi connectivity index (χ0) is 17.1. The fourth-order valence-electron chi connectivity index (χ4n) is 2.68. The normalized spacial score (nSPS) is 10.6. The number of hydrogen-bond acceptors (Lipinski definition) is 2. The summed E-state index contributed by atoms with van der Waals surface area (Å²) in [5, 5.41) is 2.97. The van der Waals surface area contributed by atoms with Crippen LogP contribution < -0.4 is 5.32 Å². The zero-order valence-electron chi connectivity index (χ0n) is 13.7. The second kappa shape index (κ2) is 6.84. The zero-order valence-corrected chi connectivity index (χ0v) is 14.5. The third kappa shape index (κ3) is 3.31. The minimum atomic E-state index is -0.161. The van der Waals surface area contributed by atoms with E-state index in [2.05, 4.69) is 36.3 Å². The van der Waals surface area contributed by atoms with Crippen LogP contribution in [-0.2, 0) is 6.54 Å². The lowest BCUT2D eigenvalue weighted by molar-refractivity contribution is 0.0944. The Bertz CT molecular complexity index is 925. The van der Waals surface area contributed by atoms with Gasteiger partial charge < -0.3 is 10.3 Å². The molecule has 0 atom stereocenters. The van der Waals surface area contributed by atoms with E-state index in [4.69, 9.17) is 12.2 Å². The molecule has 1 heterocycles. The van der Waals surface area contributed by atoms with Crippen LogP contribution in [0.15, 0.2) is 54.7 Å². The SMILES string of the molecule is Cc1ccc(CNC(=O)c2c[nH]c(=S)n2-c2ccccc2)c(C)c1. The molecule has 0 saturated heterocycles. The van der Waals surface area contributed by atoms with E-state index >= 15 is 0 Å². The highest BCUT2D eigenvalue weighted by Gasteiger charge is 2.14. The lowest BCUT2D eigenvalue weighted by atomic mass is 10.1. The Hall–Kier alpha value is -2.66. The van der Waals surface area contributed by atoms with Gasteiger partial charge in [-0.25, -0.2) is 0 Å². The van der Waals surface area contributed by atoms with E-state index in [0.29, 0.717) is 17.0 Å². The van der Waals surface area contributed by atoms with E-state index in [9.17, 15) is 4.79 Å². The van der Waals surface area contributed by atoms with Crippen LogP contribution in [-0.4, -0.2) is 15.5 Å². The summed E-state index contributed by atoms with van der Waals surface area (Å²) >= 11 is 5.31. The first-order valence-electron chi connectivity index (χ1n) is 7.76. The minimum Gasteiger partial charge on any atom is -0.347 e. The van der Waals surface area contributed by atoms with Crippen LogP contribution in [0.1, 0.15) is 27.2 Å². The fourth-order valence-corrected chi connectivity index (χ4v) is 2.94. The third-order valence-corrected chi connectivity index (χ3v) is 4.26. The number of hydrogen-bond donors (Lipinski definition) is 2. The summed E-state index contributed by atoms with van der Waals surface area (Å²) in [5.41, 5.74) is 4.85. The molecule has 0 unspecified atom stereocenters. The van der Waals surface area contributed by atoms with Gasteiger partial charge in [0.25, 0.3) is 5.91 Å². The molecular weight excluding hydrogens is 318 g/mol. The van der Waals surface area contributed by atoms with Crippen molar-refractivity contribution in [2.75, 3.05) is 0 Å². The topological polar surface area (TPSA) is 49.8 Å². The average Bonchev–Trinajstić information content (AvgIpc) is 2.96. The number of amides is 1. The molecule has 4 nitrogen and oxygen atoms in total. The van der Waals surface area contributed by atoms with Crippen molar-refractivity contribution in [2.24, 2.45) is 0 Å². The van der Waals surface area contributed by atoms with Gasteiger partial charge in [-0.2, -0.15) is 0 Å². The quantitative estimate of drug-likeness (QED) is 0.705. The van der Waals surface area contributed by atoms with Gasteiger partial charge in [0.15, 0.2) is 4.77 Å². The maximum atomic E-state index is 12.6. The van der Waals surface area contributed by atoms with E-state index in [1.165, 1.54) is 11.1 Å². The summed E-state index contributed by atoms with van der Waals surface area (Å²) in [7, 11) is 0. The van der Waals surface area contributed by atoms with Crippen LogP contribution in [0.5, 0.6) is 0 Å². The number of carbonyl (C=O) groups is 1. The Balaban J connectivity index is 1.83. The highest BCUT2D eigenvalue weighted by atomic mass is 32.1. The number of aromatic nitrogens is 2. The predicted octanol–water partition coefficient (Wildman–Crippen LogP) is 4.08. The molecule has 122 valence electrons. The number of para-hydroxylation sites is 1. The number of aromatic amines is 1. The van der Waals surface area contributed by atoms with E-state index in [1.807, 2.05) is 36.4 Å². The summed E-state index contributed by atoms with van der Waals surface area (Å²) in [5.74, 6) is -0.161. The average molecular weight is 337 g/mol. The first kappa shape index (κ1) is 16.2.